The maximum atomic E-state index is 4.10. The van der Waals surface area contributed by atoms with Gasteiger partial charge in [-0.25, -0.2) is 14.6 Å². The number of rotatable bonds is 1. The summed E-state index contributed by atoms with van der Waals surface area (Å²) in [5.41, 5.74) is 0. The maximum absolute atomic E-state index is 4.10. The van der Waals surface area contributed by atoms with Crippen LogP contribution in [0.5, 0.6) is 0 Å². The van der Waals surface area contributed by atoms with Gasteiger partial charge in [0.05, 0.1) is 3.57 Å². The zero-order valence-corrected chi connectivity index (χ0v) is 8.21. The van der Waals surface area contributed by atoms with E-state index in [0.717, 1.165) is 9.39 Å². The Morgan fingerprint density at radius 1 is 1.42 bits per heavy atom. The minimum absolute atomic E-state index is 0.815. The molecule has 0 aliphatic carbocycles. The highest BCUT2D eigenvalue weighted by atomic mass is 127. The van der Waals surface area contributed by atoms with Gasteiger partial charge in [-0.1, -0.05) is 0 Å². The summed E-state index contributed by atoms with van der Waals surface area (Å²) in [6.07, 6.45) is 6.84. The lowest BCUT2D eigenvalue weighted by molar-refractivity contribution is 0.832. The topological polar surface area (TPSA) is 43.6 Å². The molecule has 4 nitrogen and oxygen atoms in total. The van der Waals surface area contributed by atoms with E-state index < -0.39 is 0 Å². The van der Waals surface area contributed by atoms with E-state index in [0.29, 0.717) is 0 Å². The van der Waals surface area contributed by atoms with Gasteiger partial charge in [-0.05, 0) is 28.7 Å². The molecule has 2 aromatic heterocycles. The van der Waals surface area contributed by atoms with E-state index in [2.05, 4.69) is 37.7 Å². The van der Waals surface area contributed by atoms with Crippen molar-refractivity contribution < 1.29 is 0 Å². The molecule has 0 fully saturated rings. The Kier molecular flexibility index (Phi) is 2.03. The lowest BCUT2D eigenvalue weighted by Gasteiger charge is -2.00. The molecule has 0 radical (unpaired) electrons. The number of aromatic nitrogens is 4. The molecule has 5 heteroatoms. The Balaban J connectivity index is 2.55. The summed E-state index contributed by atoms with van der Waals surface area (Å²) in [5, 5.41) is 4.07. The monoisotopic (exact) mass is 272 g/mol. The fourth-order valence-electron chi connectivity index (χ4n) is 0.869. The molecule has 2 aromatic rings. The molecule has 0 saturated heterocycles. The van der Waals surface area contributed by atoms with Gasteiger partial charge in [-0.3, -0.25) is 0 Å². The second kappa shape index (κ2) is 3.18. The first-order valence-corrected chi connectivity index (χ1v) is 4.41. The summed E-state index contributed by atoms with van der Waals surface area (Å²) in [4.78, 5) is 8.00. The molecule has 0 N–H and O–H groups in total. The normalized spacial score (nSPS) is 10.1. The van der Waals surface area contributed by atoms with Crippen LogP contribution < -0.4 is 0 Å². The molecule has 0 spiro atoms. The Bertz CT molecular complexity index is 371. The van der Waals surface area contributed by atoms with E-state index in [1.165, 1.54) is 6.33 Å². The second-order valence-corrected chi connectivity index (χ2v) is 3.31. The van der Waals surface area contributed by atoms with E-state index >= 15 is 0 Å². The Hall–Kier alpha value is -0.980. The van der Waals surface area contributed by atoms with Crippen LogP contribution in [-0.2, 0) is 0 Å². The van der Waals surface area contributed by atoms with Crippen molar-refractivity contribution in [1.29, 1.82) is 0 Å². The molecule has 0 aliphatic rings. The predicted octanol–water partition coefficient (Wildman–Crippen LogP) is 1.27. The second-order valence-electron chi connectivity index (χ2n) is 2.14. The quantitative estimate of drug-likeness (QED) is 0.734. The summed E-state index contributed by atoms with van der Waals surface area (Å²) < 4.78 is 2.70. The number of hydrogen-bond donors (Lipinski definition) is 0. The van der Waals surface area contributed by atoms with Crippen molar-refractivity contribution in [3.8, 4) is 5.82 Å². The summed E-state index contributed by atoms with van der Waals surface area (Å²) in [6, 6.07) is 1.86. The number of hydrogen-bond acceptors (Lipinski definition) is 3. The van der Waals surface area contributed by atoms with Gasteiger partial charge in [0.2, 0.25) is 0 Å². The lowest BCUT2D eigenvalue weighted by atomic mass is 10.6. The first kappa shape index (κ1) is 7.66. The van der Waals surface area contributed by atoms with Crippen molar-refractivity contribution in [2.24, 2.45) is 0 Å². The molecular weight excluding hydrogens is 267 g/mol. The smallest absolute Gasteiger partial charge is 0.169 e. The van der Waals surface area contributed by atoms with Crippen LogP contribution in [0.3, 0.4) is 0 Å². The van der Waals surface area contributed by atoms with Crippen LogP contribution in [-0.4, -0.2) is 19.7 Å². The summed E-state index contributed by atoms with van der Waals surface area (Å²) in [7, 11) is 0. The van der Waals surface area contributed by atoms with Crippen molar-refractivity contribution in [3.05, 3.63) is 34.6 Å². The van der Waals surface area contributed by atoms with E-state index in [1.54, 1.807) is 17.1 Å². The minimum Gasteiger partial charge on any atom is -0.244 e. The van der Waals surface area contributed by atoms with E-state index in [9.17, 15) is 0 Å². The summed E-state index contributed by atoms with van der Waals surface area (Å²) in [5.74, 6) is 0.815. The first-order valence-electron chi connectivity index (χ1n) is 3.33. The molecule has 0 bridgehead atoms. The zero-order chi connectivity index (χ0) is 8.39. The van der Waals surface area contributed by atoms with Gasteiger partial charge in [0.15, 0.2) is 5.82 Å². The Morgan fingerprint density at radius 3 is 3.00 bits per heavy atom. The van der Waals surface area contributed by atoms with Crippen LogP contribution in [0.1, 0.15) is 0 Å². The van der Waals surface area contributed by atoms with Crippen LogP contribution in [0.25, 0.3) is 5.82 Å². The van der Waals surface area contributed by atoms with Crippen molar-refractivity contribution in [3.63, 3.8) is 0 Å². The molecule has 60 valence electrons. The SMILES string of the molecule is Ic1cncnc1-n1cccn1. The van der Waals surface area contributed by atoms with E-state index in [4.69, 9.17) is 0 Å². The molecule has 0 amide bonds. The summed E-state index contributed by atoms with van der Waals surface area (Å²) >= 11 is 2.18. The van der Waals surface area contributed by atoms with Crippen LogP contribution in [0.15, 0.2) is 31.0 Å². The molecule has 2 heterocycles. The first-order chi connectivity index (χ1) is 5.88. The van der Waals surface area contributed by atoms with Gasteiger partial charge in [-0.2, -0.15) is 5.10 Å². The van der Waals surface area contributed by atoms with Gasteiger partial charge in [0.25, 0.3) is 0 Å². The van der Waals surface area contributed by atoms with Crippen molar-refractivity contribution in [2.75, 3.05) is 0 Å². The van der Waals surface area contributed by atoms with Crippen molar-refractivity contribution >= 4 is 22.6 Å². The highest BCUT2D eigenvalue weighted by Crippen LogP contribution is 2.10. The molecular formula is C7H5IN4. The fraction of sp³-hybridized carbons (Fsp3) is 0. The van der Waals surface area contributed by atoms with E-state index in [1.807, 2.05) is 12.3 Å². The molecule has 12 heavy (non-hydrogen) atoms. The predicted molar refractivity (Wildman–Crippen MR) is 51.9 cm³/mol. The fourth-order valence-corrected chi connectivity index (χ4v) is 1.42. The Morgan fingerprint density at radius 2 is 2.33 bits per heavy atom. The van der Waals surface area contributed by atoms with Gasteiger partial charge < -0.3 is 0 Å². The molecule has 0 atom stereocenters. The van der Waals surface area contributed by atoms with Crippen LogP contribution in [0.2, 0.25) is 0 Å². The molecule has 0 aromatic carbocycles. The standard InChI is InChI=1S/C7H5IN4/c8-6-4-9-5-10-7(6)12-3-1-2-11-12/h1-5H. The molecule has 0 aliphatic heterocycles. The molecule has 2 rings (SSSR count). The zero-order valence-electron chi connectivity index (χ0n) is 6.05. The number of nitrogens with zero attached hydrogens (tertiary/aromatic N) is 4. The molecule has 0 unspecified atom stereocenters. The van der Waals surface area contributed by atoms with Crippen LogP contribution in [0, 0.1) is 3.57 Å². The average molecular weight is 272 g/mol. The highest BCUT2D eigenvalue weighted by molar-refractivity contribution is 14.1. The van der Waals surface area contributed by atoms with Gasteiger partial charge in [0.1, 0.15) is 6.33 Å². The molecule has 0 saturated carbocycles. The largest absolute Gasteiger partial charge is 0.244 e. The van der Waals surface area contributed by atoms with Gasteiger partial charge in [-0.15, -0.1) is 0 Å². The van der Waals surface area contributed by atoms with Crippen LogP contribution in [0.4, 0.5) is 0 Å². The third kappa shape index (κ3) is 1.31. The third-order valence-corrected chi connectivity index (χ3v) is 2.13. The maximum Gasteiger partial charge on any atom is 0.169 e. The Labute approximate surface area is 82.8 Å². The van der Waals surface area contributed by atoms with Gasteiger partial charge in [0, 0.05) is 18.6 Å². The van der Waals surface area contributed by atoms with Crippen molar-refractivity contribution in [1.82, 2.24) is 19.7 Å². The van der Waals surface area contributed by atoms with Gasteiger partial charge >= 0.3 is 0 Å². The summed E-state index contributed by atoms with van der Waals surface area (Å²) in [6.45, 7) is 0. The lowest BCUT2D eigenvalue weighted by Crippen LogP contribution is -2.00. The average Bonchev–Trinajstić information content (AvgIpc) is 2.57. The highest BCUT2D eigenvalue weighted by Gasteiger charge is 2.01. The van der Waals surface area contributed by atoms with E-state index in [-0.39, 0.29) is 0 Å². The van der Waals surface area contributed by atoms with Crippen molar-refractivity contribution in [2.45, 2.75) is 0 Å². The van der Waals surface area contributed by atoms with Crippen LogP contribution >= 0.6 is 22.6 Å². The number of halogens is 1. The third-order valence-electron chi connectivity index (χ3n) is 1.37. The minimum atomic E-state index is 0.815.